The van der Waals surface area contributed by atoms with Gasteiger partial charge in [-0.25, -0.2) is 4.79 Å². The number of halogens is 2. The molecule has 0 spiro atoms. The second kappa shape index (κ2) is 7.85. The lowest BCUT2D eigenvalue weighted by Gasteiger charge is -2.20. The summed E-state index contributed by atoms with van der Waals surface area (Å²) in [5.74, 6) is 0.147. The number of ether oxygens (including phenoxy) is 3. The molecule has 8 heteroatoms. The first-order valence-electron chi connectivity index (χ1n) is 7.73. The first kappa shape index (κ1) is 18.4. The van der Waals surface area contributed by atoms with Gasteiger partial charge in [-0.15, -0.1) is 0 Å². The second-order valence-electron chi connectivity index (χ2n) is 5.51. The molecule has 1 amide bonds. The molecule has 0 aromatic heterocycles. The van der Waals surface area contributed by atoms with Gasteiger partial charge in [0.05, 0.1) is 29.1 Å². The van der Waals surface area contributed by atoms with Crippen LogP contribution in [0, 0.1) is 0 Å². The molecule has 1 aliphatic heterocycles. The van der Waals surface area contributed by atoms with Crippen LogP contribution < -0.4 is 14.8 Å². The minimum atomic E-state index is -0.579. The van der Waals surface area contributed by atoms with Crippen LogP contribution in [0.5, 0.6) is 11.5 Å². The van der Waals surface area contributed by atoms with Crippen molar-refractivity contribution in [2.75, 3.05) is 25.6 Å². The van der Waals surface area contributed by atoms with E-state index in [1.165, 1.54) is 19.2 Å². The number of esters is 1. The number of methoxy groups -OCH3 is 1. The number of anilines is 1. The van der Waals surface area contributed by atoms with Gasteiger partial charge in [0.2, 0.25) is 5.91 Å². The van der Waals surface area contributed by atoms with Crippen LogP contribution in [0.4, 0.5) is 5.69 Å². The van der Waals surface area contributed by atoms with Crippen LogP contribution in [0.2, 0.25) is 10.0 Å². The van der Waals surface area contributed by atoms with Crippen molar-refractivity contribution in [3.05, 3.63) is 51.5 Å². The highest BCUT2D eigenvalue weighted by Gasteiger charge is 2.18. The van der Waals surface area contributed by atoms with E-state index in [1.807, 2.05) is 0 Å². The summed E-state index contributed by atoms with van der Waals surface area (Å²) in [5.41, 5.74) is 1.29. The third kappa shape index (κ3) is 4.03. The van der Waals surface area contributed by atoms with Crippen LogP contribution in [-0.2, 0) is 16.0 Å². The lowest BCUT2D eigenvalue weighted by atomic mass is 10.1. The van der Waals surface area contributed by atoms with E-state index in [9.17, 15) is 9.59 Å². The van der Waals surface area contributed by atoms with E-state index >= 15 is 0 Å². The lowest BCUT2D eigenvalue weighted by Crippen LogP contribution is -2.17. The van der Waals surface area contributed by atoms with E-state index < -0.39 is 5.97 Å². The maximum absolute atomic E-state index is 12.3. The van der Waals surface area contributed by atoms with Crippen molar-refractivity contribution in [2.45, 2.75) is 6.42 Å². The van der Waals surface area contributed by atoms with Gasteiger partial charge in [0, 0.05) is 5.69 Å². The summed E-state index contributed by atoms with van der Waals surface area (Å²) in [6, 6.07) is 7.97. The molecule has 2 aromatic rings. The molecule has 0 fully saturated rings. The van der Waals surface area contributed by atoms with Gasteiger partial charge in [0.25, 0.3) is 0 Å². The monoisotopic (exact) mass is 395 g/mol. The van der Waals surface area contributed by atoms with E-state index in [1.54, 1.807) is 18.2 Å². The highest BCUT2D eigenvalue weighted by atomic mass is 35.5. The van der Waals surface area contributed by atoms with Crippen LogP contribution in [0.1, 0.15) is 15.9 Å². The topological polar surface area (TPSA) is 73.9 Å². The van der Waals surface area contributed by atoms with E-state index in [2.05, 4.69) is 10.1 Å². The average Bonchev–Trinajstić information content (AvgIpc) is 2.62. The van der Waals surface area contributed by atoms with Gasteiger partial charge in [-0.3, -0.25) is 4.79 Å². The summed E-state index contributed by atoms with van der Waals surface area (Å²) in [6.07, 6.45) is 0.0759. The SMILES string of the molecule is COC(=O)c1cc(NC(=O)Cc2cc(Cl)c3c(c2)OCCO3)ccc1Cl. The van der Waals surface area contributed by atoms with Gasteiger partial charge < -0.3 is 19.5 Å². The highest BCUT2D eigenvalue weighted by molar-refractivity contribution is 6.33. The Hall–Kier alpha value is -2.44. The number of carbonyl (C=O) groups is 2. The Balaban J connectivity index is 1.73. The third-order valence-electron chi connectivity index (χ3n) is 3.68. The number of hydrogen-bond acceptors (Lipinski definition) is 5. The highest BCUT2D eigenvalue weighted by Crippen LogP contribution is 2.38. The number of nitrogens with one attached hydrogen (secondary N) is 1. The summed E-state index contributed by atoms with van der Waals surface area (Å²) in [5, 5.41) is 3.35. The predicted octanol–water partition coefficient (Wildman–Crippen LogP) is 3.73. The fourth-order valence-electron chi connectivity index (χ4n) is 2.53. The molecule has 0 bridgehead atoms. The molecule has 0 saturated heterocycles. The van der Waals surface area contributed by atoms with Crippen LogP contribution in [0.25, 0.3) is 0 Å². The summed E-state index contributed by atoms with van der Waals surface area (Å²) in [4.78, 5) is 24.0. The van der Waals surface area contributed by atoms with Gasteiger partial charge in [-0.05, 0) is 35.9 Å². The molecule has 1 aliphatic rings. The predicted molar refractivity (Wildman–Crippen MR) is 97.6 cm³/mol. The molecular weight excluding hydrogens is 381 g/mol. The molecular formula is C18H15Cl2NO5. The Kier molecular flexibility index (Phi) is 5.54. The normalized spacial score (nSPS) is 12.4. The van der Waals surface area contributed by atoms with Crippen LogP contribution in [0.3, 0.4) is 0 Å². The van der Waals surface area contributed by atoms with E-state index in [-0.39, 0.29) is 22.9 Å². The van der Waals surface area contributed by atoms with Crippen molar-refractivity contribution in [1.82, 2.24) is 0 Å². The number of hydrogen-bond donors (Lipinski definition) is 1. The van der Waals surface area contributed by atoms with Gasteiger partial charge in [0.15, 0.2) is 11.5 Å². The van der Waals surface area contributed by atoms with Crippen molar-refractivity contribution in [1.29, 1.82) is 0 Å². The Bertz CT molecular complexity index is 869. The number of amides is 1. The fourth-order valence-corrected chi connectivity index (χ4v) is 3.01. The summed E-state index contributed by atoms with van der Waals surface area (Å²) < 4.78 is 15.6. The van der Waals surface area contributed by atoms with Gasteiger partial charge in [-0.1, -0.05) is 23.2 Å². The second-order valence-corrected chi connectivity index (χ2v) is 6.33. The first-order valence-corrected chi connectivity index (χ1v) is 8.49. The lowest BCUT2D eigenvalue weighted by molar-refractivity contribution is -0.115. The third-order valence-corrected chi connectivity index (χ3v) is 4.29. The summed E-state index contributed by atoms with van der Waals surface area (Å²) in [6.45, 7) is 0.867. The Morgan fingerprint density at radius 2 is 1.88 bits per heavy atom. The molecule has 0 radical (unpaired) electrons. The van der Waals surface area contributed by atoms with Crippen molar-refractivity contribution in [2.24, 2.45) is 0 Å². The maximum atomic E-state index is 12.3. The molecule has 6 nitrogen and oxygen atoms in total. The molecule has 0 unspecified atom stereocenters. The van der Waals surface area contributed by atoms with Crippen molar-refractivity contribution < 1.29 is 23.8 Å². The first-order chi connectivity index (χ1) is 12.5. The van der Waals surface area contributed by atoms with Crippen LogP contribution in [-0.4, -0.2) is 32.2 Å². The number of fused-ring (bicyclic) bond motifs is 1. The van der Waals surface area contributed by atoms with Crippen molar-refractivity contribution in [3.8, 4) is 11.5 Å². The van der Waals surface area contributed by atoms with E-state index in [4.69, 9.17) is 32.7 Å². The van der Waals surface area contributed by atoms with E-state index in [0.29, 0.717) is 41.0 Å². The summed E-state index contributed by atoms with van der Waals surface area (Å²) >= 11 is 12.1. The fraction of sp³-hybridized carbons (Fsp3) is 0.222. The average molecular weight is 396 g/mol. The van der Waals surface area contributed by atoms with Crippen molar-refractivity contribution >= 4 is 40.8 Å². The quantitative estimate of drug-likeness (QED) is 0.798. The number of carbonyl (C=O) groups excluding carboxylic acids is 2. The number of rotatable bonds is 4. The Labute approximate surface area is 159 Å². The standard InChI is InChI=1S/C18H15Cl2NO5/c1-24-18(23)12-9-11(2-3-13(12)19)21-16(22)8-10-6-14(20)17-15(7-10)25-4-5-26-17/h2-3,6-7,9H,4-5,8H2,1H3,(H,21,22). The molecule has 0 aliphatic carbocycles. The minimum Gasteiger partial charge on any atom is -0.486 e. The molecule has 136 valence electrons. The Morgan fingerprint density at radius 1 is 1.12 bits per heavy atom. The molecule has 2 aromatic carbocycles. The molecule has 1 N–H and O–H groups in total. The zero-order chi connectivity index (χ0) is 18.7. The molecule has 1 heterocycles. The largest absolute Gasteiger partial charge is 0.486 e. The minimum absolute atomic E-state index is 0.0759. The maximum Gasteiger partial charge on any atom is 0.339 e. The summed E-state index contributed by atoms with van der Waals surface area (Å²) in [7, 11) is 1.26. The molecule has 26 heavy (non-hydrogen) atoms. The van der Waals surface area contributed by atoms with Crippen LogP contribution >= 0.6 is 23.2 Å². The van der Waals surface area contributed by atoms with Gasteiger partial charge in [-0.2, -0.15) is 0 Å². The Morgan fingerprint density at radius 3 is 2.65 bits per heavy atom. The number of benzene rings is 2. The van der Waals surface area contributed by atoms with E-state index in [0.717, 1.165) is 0 Å². The van der Waals surface area contributed by atoms with Gasteiger partial charge >= 0.3 is 5.97 Å². The zero-order valence-corrected chi connectivity index (χ0v) is 15.3. The zero-order valence-electron chi connectivity index (χ0n) is 13.8. The molecule has 0 saturated carbocycles. The van der Waals surface area contributed by atoms with Crippen molar-refractivity contribution in [3.63, 3.8) is 0 Å². The molecule has 0 atom stereocenters. The molecule has 3 rings (SSSR count). The smallest absolute Gasteiger partial charge is 0.339 e. The van der Waals surface area contributed by atoms with Gasteiger partial charge in [0.1, 0.15) is 13.2 Å². The van der Waals surface area contributed by atoms with Crippen LogP contribution in [0.15, 0.2) is 30.3 Å².